The molecule has 26 heavy (non-hydrogen) atoms. The van der Waals surface area contributed by atoms with Crippen molar-refractivity contribution in [2.45, 2.75) is 50.4 Å². The summed E-state index contributed by atoms with van der Waals surface area (Å²) in [5.41, 5.74) is 0.970. The molecule has 2 heterocycles. The summed E-state index contributed by atoms with van der Waals surface area (Å²) >= 11 is 1.45. The quantitative estimate of drug-likeness (QED) is 0.751. The fraction of sp³-hybridized carbons (Fsp3) is 0.526. The molecule has 1 amide bonds. The molecule has 2 atom stereocenters. The Kier molecular flexibility index (Phi) is 5.86. The van der Waals surface area contributed by atoms with Crippen LogP contribution in [0.4, 0.5) is 0 Å². The zero-order valence-corrected chi connectivity index (χ0v) is 16.6. The summed E-state index contributed by atoms with van der Waals surface area (Å²) in [4.78, 5) is 14.7. The maximum Gasteiger partial charge on any atom is 0.233 e. The van der Waals surface area contributed by atoms with E-state index in [-0.39, 0.29) is 5.91 Å². The third kappa shape index (κ3) is 3.87. The number of methoxy groups -OCH3 is 1. The van der Waals surface area contributed by atoms with Gasteiger partial charge in [0.15, 0.2) is 11.0 Å². The van der Waals surface area contributed by atoms with Crippen LogP contribution in [0.5, 0.6) is 5.75 Å². The van der Waals surface area contributed by atoms with Crippen LogP contribution in [0.3, 0.4) is 0 Å². The average Bonchev–Trinajstić information content (AvgIpc) is 3.00. The van der Waals surface area contributed by atoms with E-state index in [0.29, 0.717) is 17.8 Å². The van der Waals surface area contributed by atoms with Gasteiger partial charge in [-0.15, -0.1) is 10.2 Å². The summed E-state index contributed by atoms with van der Waals surface area (Å²) < 4.78 is 7.12. The Bertz CT molecular complexity index is 749. The van der Waals surface area contributed by atoms with Crippen molar-refractivity contribution in [2.75, 3.05) is 12.9 Å². The van der Waals surface area contributed by atoms with Crippen LogP contribution in [-0.2, 0) is 11.8 Å². The molecule has 1 aromatic carbocycles. The molecule has 0 radical (unpaired) electrons. The molecule has 0 aliphatic carbocycles. The first-order chi connectivity index (χ1) is 12.5. The van der Waals surface area contributed by atoms with E-state index in [1.807, 2.05) is 40.8 Å². The number of rotatable bonds is 5. The highest BCUT2D eigenvalue weighted by molar-refractivity contribution is 7.99. The minimum absolute atomic E-state index is 0.184. The Balaban J connectivity index is 1.67. The molecule has 3 rings (SSSR count). The molecule has 1 aliphatic rings. The van der Waals surface area contributed by atoms with Gasteiger partial charge in [-0.1, -0.05) is 11.8 Å². The molecule has 0 N–H and O–H groups in total. The maximum atomic E-state index is 12.7. The second-order valence-corrected chi connectivity index (χ2v) is 7.75. The SMILES string of the molecule is COc1ccc(-c2nnc(SCC(=O)N3[C@@H](C)CCC[C@@H]3C)n2C)cc1. The van der Waals surface area contributed by atoms with E-state index in [1.54, 1.807) is 7.11 Å². The summed E-state index contributed by atoms with van der Waals surface area (Å²) in [5.74, 6) is 2.16. The van der Waals surface area contributed by atoms with E-state index in [4.69, 9.17) is 4.74 Å². The van der Waals surface area contributed by atoms with Crippen LogP contribution >= 0.6 is 11.8 Å². The van der Waals surface area contributed by atoms with Crippen molar-refractivity contribution in [3.63, 3.8) is 0 Å². The predicted octanol–water partition coefficient (Wildman–Crippen LogP) is 3.37. The third-order valence-corrected chi connectivity index (χ3v) is 5.99. The summed E-state index contributed by atoms with van der Waals surface area (Å²) in [7, 11) is 3.58. The first-order valence-corrected chi connectivity index (χ1v) is 9.97. The van der Waals surface area contributed by atoms with Gasteiger partial charge in [0.25, 0.3) is 0 Å². The van der Waals surface area contributed by atoms with Crippen molar-refractivity contribution in [1.82, 2.24) is 19.7 Å². The molecule has 0 unspecified atom stereocenters. The van der Waals surface area contributed by atoms with E-state index in [9.17, 15) is 4.79 Å². The topological polar surface area (TPSA) is 60.3 Å². The van der Waals surface area contributed by atoms with Gasteiger partial charge in [0.05, 0.1) is 12.9 Å². The summed E-state index contributed by atoms with van der Waals surface area (Å²) in [6.45, 7) is 4.28. The number of amides is 1. The molecule has 7 heteroatoms. The Labute approximate surface area is 158 Å². The number of thioether (sulfide) groups is 1. The van der Waals surface area contributed by atoms with Gasteiger partial charge in [0.2, 0.25) is 5.91 Å². The number of carbonyl (C=O) groups excluding carboxylic acids is 1. The van der Waals surface area contributed by atoms with Crippen molar-refractivity contribution < 1.29 is 9.53 Å². The van der Waals surface area contributed by atoms with E-state index in [2.05, 4.69) is 24.0 Å². The number of aromatic nitrogens is 3. The lowest BCUT2D eigenvalue weighted by atomic mass is 9.98. The zero-order chi connectivity index (χ0) is 18.7. The summed E-state index contributed by atoms with van der Waals surface area (Å²) in [5, 5.41) is 9.30. The second-order valence-electron chi connectivity index (χ2n) is 6.81. The van der Waals surface area contributed by atoms with Gasteiger partial charge in [-0.3, -0.25) is 4.79 Å². The average molecular weight is 375 g/mol. The lowest BCUT2D eigenvalue weighted by molar-refractivity contribution is -0.134. The first-order valence-electron chi connectivity index (χ1n) is 8.99. The molecule has 0 saturated carbocycles. The molecule has 2 aromatic rings. The fourth-order valence-electron chi connectivity index (χ4n) is 3.55. The smallest absolute Gasteiger partial charge is 0.233 e. The minimum Gasteiger partial charge on any atom is -0.497 e. The number of hydrogen-bond donors (Lipinski definition) is 0. The van der Waals surface area contributed by atoms with Crippen LogP contribution < -0.4 is 4.74 Å². The largest absolute Gasteiger partial charge is 0.497 e. The van der Waals surface area contributed by atoms with Crippen LogP contribution in [0.15, 0.2) is 29.4 Å². The van der Waals surface area contributed by atoms with Crippen molar-refractivity contribution in [2.24, 2.45) is 7.05 Å². The maximum absolute atomic E-state index is 12.7. The lowest BCUT2D eigenvalue weighted by Crippen LogP contribution is -2.48. The molecular formula is C19H26N4O2S. The number of benzene rings is 1. The summed E-state index contributed by atoms with van der Waals surface area (Å²) in [6, 6.07) is 8.36. The van der Waals surface area contributed by atoms with Gasteiger partial charge in [0.1, 0.15) is 5.75 Å². The predicted molar refractivity (Wildman–Crippen MR) is 103 cm³/mol. The number of likely N-dealkylation sites (tertiary alicyclic amines) is 1. The highest BCUT2D eigenvalue weighted by Crippen LogP contribution is 2.27. The summed E-state index contributed by atoms with van der Waals surface area (Å²) in [6.07, 6.45) is 3.38. The van der Waals surface area contributed by atoms with Gasteiger partial charge in [-0.2, -0.15) is 0 Å². The van der Waals surface area contributed by atoms with Gasteiger partial charge >= 0.3 is 0 Å². The molecule has 6 nitrogen and oxygen atoms in total. The van der Waals surface area contributed by atoms with Crippen molar-refractivity contribution >= 4 is 17.7 Å². The Morgan fingerprint density at radius 1 is 1.19 bits per heavy atom. The number of piperidine rings is 1. The number of ether oxygens (including phenoxy) is 1. The Morgan fingerprint density at radius 2 is 1.85 bits per heavy atom. The highest BCUT2D eigenvalue weighted by atomic mass is 32.2. The van der Waals surface area contributed by atoms with Crippen LogP contribution in [0.2, 0.25) is 0 Å². The normalized spacial score (nSPS) is 20.2. The molecule has 1 fully saturated rings. The molecular weight excluding hydrogens is 348 g/mol. The number of nitrogens with zero attached hydrogens (tertiary/aromatic N) is 4. The zero-order valence-electron chi connectivity index (χ0n) is 15.8. The molecule has 1 aromatic heterocycles. The van der Waals surface area contributed by atoms with Crippen LogP contribution in [0.25, 0.3) is 11.4 Å². The van der Waals surface area contributed by atoms with Crippen LogP contribution in [0, 0.1) is 0 Å². The van der Waals surface area contributed by atoms with Crippen molar-refractivity contribution in [1.29, 1.82) is 0 Å². The highest BCUT2D eigenvalue weighted by Gasteiger charge is 2.29. The van der Waals surface area contributed by atoms with E-state index in [0.717, 1.165) is 35.1 Å². The fourth-order valence-corrected chi connectivity index (χ4v) is 4.33. The minimum atomic E-state index is 0.184. The Hall–Kier alpha value is -2.02. The first kappa shape index (κ1) is 18.8. The molecule has 140 valence electrons. The van der Waals surface area contributed by atoms with Crippen molar-refractivity contribution in [3.8, 4) is 17.1 Å². The van der Waals surface area contributed by atoms with Crippen molar-refractivity contribution in [3.05, 3.63) is 24.3 Å². The van der Waals surface area contributed by atoms with Crippen LogP contribution in [-0.4, -0.2) is 50.5 Å². The monoisotopic (exact) mass is 374 g/mol. The Morgan fingerprint density at radius 3 is 2.46 bits per heavy atom. The van der Waals surface area contributed by atoms with Gasteiger partial charge < -0.3 is 14.2 Å². The van der Waals surface area contributed by atoms with Crippen LogP contribution in [0.1, 0.15) is 33.1 Å². The molecule has 0 bridgehead atoms. The van der Waals surface area contributed by atoms with E-state index in [1.165, 1.54) is 18.2 Å². The van der Waals surface area contributed by atoms with Gasteiger partial charge in [-0.05, 0) is 57.4 Å². The van der Waals surface area contributed by atoms with Gasteiger partial charge in [-0.25, -0.2) is 0 Å². The van der Waals surface area contributed by atoms with E-state index >= 15 is 0 Å². The van der Waals surface area contributed by atoms with E-state index < -0.39 is 0 Å². The second kappa shape index (κ2) is 8.12. The number of carbonyl (C=O) groups is 1. The molecule has 1 saturated heterocycles. The number of hydrogen-bond acceptors (Lipinski definition) is 5. The molecule has 0 spiro atoms. The van der Waals surface area contributed by atoms with Gasteiger partial charge in [0, 0.05) is 24.7 Å². The lowest BCUT2D eigenvalue weighted by Gasteiger charge is -2.39. The standard InChI is InChI=1S/C19H26N4O2S/c1-13-6-5-7-14(2)23(13)17(24)12-26-19-21-20-18(22(19)3)15-8-10-16(25-4)11-9-15/h8-11,13-14H,5-7,12H2,1-4H3/t13-,14-/m0/s1. The third-order valence-electron chi connectivity index (χ3n) is 4.99. The molecule has 1 aliphatic heterocycles.